The predicted molar refractivity (Wildman–Crippen MR) is 293 cm³/mol. The van der Waals surface area contributed by atoms with Crippen LogP contribution in [0.5, 0.6) is 11.5 Å². The van der Waals surface area contributed by atoms with Gasteiger partial charge >= 0.3 is 52.3 Å². The number of carboxylic acid groups (broad SMARTS) is 2. The summed E-state index contributed by atoms with van der Waals surface area (Å²) < 4.78 is 56.7. The summed E-state index contributed by atoms with van der Waals surface area (Å²) in [6, 6.07) is 58.9. The Hall–Kier alpha value is -8.93. The maximum atomic E-state index is 13.1. The zero-order chi connectivity index (χ0) is 54.8. The number of benzene rings is 10. The van der Waals surface area contributed by atoms with Crippen LogP contribution in [0, 0.1) is 0 Å². The molecule has 10 aromatic rings. The third-order valence-electron chi connectivity index (χ3n) is 11.6. The number of azo groups is 2. The molecule has 0 aliphatic rings. The fourth-order valence-corrected chi connectivity index (χ4v) is 10.0. The van der Waals surface area contributed by atoms with Crippen molar-refractivity contribution in [3.8, 4) is 11.5 Å². The molecule has 4 N–H and O–H groups in total. The number of aromatic carboxylic acids is 2. The van der Waals surface area contributed by atoms with Crippen molar-refractivity contribution < 1.29 is 93.2 Å². The van der Waals surface area contributed by atoms with Crippen LogP contribution >= 0.6 is 0 Å². The van der Waals surface area contributed by atoms with E-state index in [1.54, 1.807) is 6.07 Å². The monoisotopic (exact) mass is 1150 g/mol. The van der Waals surface area contributed by atoms with Crippen LogP contribution in [-0.4, -0.2) is 33.9 Å². The van der Waals surface area contributed by atoms with Crippen molar-refractivity contribution in [3.05, 3.63) is 235 Å². The fraction of sp³-hybridized carbons (Fsp3) is 0. The quantitative estimate of drug-likeness (QED) is 0.0522. The summed E-state index contributed by atoms with van der Waals surface area (Å²) in [6.07, 6.45) is 0. The van der Waals surface area contributed by atoms with Gasteiger partial charge in [0, 0.05) is 22.0 Å². The fourth-order valence-electron chi connectivity index (χ4n) is 7.83. The molecule has 22 heteroatoms. The summed E-state index contributed by atoms with van der Waals surface area (Å²) in [4.78, 5) is 22.3. The number of hydrogen-bond acceptors (Lipinski definition) is 14. The second kappa shape index (κ2) is 26.1. The van der Waals surface area contributed by atoms with Crippen LogP contribution in [0.2, 0.25) is 0 Å². The third kappa shape index (κ3) is 14.0. The minimum atomic E-state index is -4.28. The van der Waals surface area contributed by atoms with E-state index >= 15 is 0 Å². The molecule has 0 unspecified atom stereocenters. The smallest absolute Gasteiger partial charge is 0.871 e. The van der Waals surface area contributed by atoms with Gasteiger partial charge in [-0.05, 0) is 71.4 Å². The van der Waals surface area contributed by atoms with Crippen molar-refractivity contribution in [2.45, 2.75) is 9.79 Å². The van der Waals surface area contributed by atoms with E-state index < -0.39 is 43.5 Å². The number of para-hydroxylation sites is 4. The molecule has 10 rings (SSSR count). The summed E-state index contributed by atoms with van der Waals surface area (Å²) >= 11 is 0. The summed E-state index contributed by atoms with van der Waals surface area (Å²) in [5.41, 5.74) is 2.34. The molecule has 18 nitrogen and oxygen atoms in total. The van der Waals surface area contributed by atoms with Gasteiger partial charge in [-0.3, -0.25) is 9.44 Å². The molecule has 10 aromatic carbocycles. The number of fused-ring (bicyclic) bond motifs is 2. The zero-order valence-corrected chi connectivity index (χ0v) is 46.5. The Morgan fingerprint density at radius 2 is 0.925 bits per heavy atom. The number of nitrogens with zero attached hydrogens (tertiary/aromatic N) is 5. The van der Waals surface area contributed by atoms with E-state index in [0.717, 1.165) is 63.6 Å². The van der Waals surface area contributed by atoms with Crippen LogP contribution in [0.1, 0.15) is 20.7 Å². The molecule has 0 aliphatic carbocycles. The van der Waals surface area contributed by atoms with Crippen LogP contribution in [0.15, 0.2) is 249 Å². The standard InChI is InChI=1S/2C29H22N4O5S.Co.Na/c2*34-27-17-15-21(39(37,38)33-24-13-7-6-12-23(24)29(35)36)18-26(27)31-32-28-22-11-5-4-8-19(22)14-16-25(28)30-20-9-2-1-3-10-20;;/h1-18,33H,(H3,30,31,32,34,35,36);1-18,30,33-34H,(H,35,36);;/q;;+2;+1/p-4. The maximum absolute atomic E-state index is 13.1. The van der Waals surface area contributed by atoms with Gasteiger partial charge in [-0.25, -0.2) is 21.6 Å². The largest absolute Gasteiger partial charge is 2.00 e. The minimum absolute atomic E-state index is 0. The second-order valence-electron chi connectivity index (χ2n) is 16.8. The van der Waals surface area contributed by atoms with Crippen LogP contribution in [0.3, 0.4) is 0 Å². The first-order valence-corrected chi connectivity index (χ1v) is 26.4. The Morgan fingerprint density at radius 3 is 1.48 bits per heavy atom. The number of anilines is 4. The minimum Gasteiger partial charge on any atom is -0.871 e. The van der Waals surface area contributed by atoms with E-state index in [2.05, 4.69) is 40.5 Å². The molecule has 80 heavy (non-hydrogen) atoms. The average molecular weight is 1160 g/mol. The molecular formula is C58H40CoN8NaO10S2-. The number of rotatable bonds is 16. The van der Waals surface area contributed by atoms with Crippen molar-refractivity contribution in [1.29, 1.82) is 0 Å². The molecule has 0 aliphatic heterocycles. The van der Waals surface area contributed by atoms with Crippen LogP contribution in [0.25, 0.3) is 26.9 Å². The van der Waals surface area contributed by atoms with Gasteiger partial charge in [-0.2, -0.15) is 15.3 Å². The molecule has 0 amide bonds. The van der Waals surface area contributed by atoms with Gasteiger partial charge in [-0.1, -0.05) is 169 Å². The maximum Gasteiger partial charge on any atom is 2.00 e. The van der Waals surface area contributed by atoms with Crippen molar-refractivity contribution in [2.24, 2.45) is 20.5 Å². The van der Waals surface area contributed by atoms with Gasteiger partial charge in [0.05, 0.1) is 55.4 Å². The van der Waals surface area contributed by atoms with E-state index in [4.69, 9.17) is 0 Å². The molecule has 0 saturated heterocycles. The van der Waals surface area contributed by atoms with E-state index in [0.29, 0.717) is 28.4 Å². The van der Waals surface area contributed by atoms with Crippen molar-refractivity contribution in [3.63, 3.8) is 0 Å². The van der Waals surface area contributed by atoms with Gasteiger partial charge in [-0.15, -0.1) is 16.5 Å². The van der Waals surface area contributed by atoms with E-state index in [1.165, 1.54) is 48.5 Å². The Balaban J connectivity index is 0.000000225. The summed E-state index contributed by atoms with van der Waals surface area (Å²) in [7, 11) is -8.52. The number of carbonyl (C=O) groups excluding carboxylic acids is 1. The molecular weight excluding hydrogens is 1110 g/mol. The van der Waals surface area contributed by atoms with Gasteiger partial charge in [0.25, 0.3) is 20.0 Å². The molecule has 0 aromatic heterocycles. The third-order valence-corrected chi connectivity index (χ3v) is 14.4. The first-order valence-electron chi connectivity index (χ1n) is 23.4. The summed E-state index contributed by atoms with van der Waals surface area (Å²) in [6.45, 7) is 0. The zero-order valence-electron chi connectivity index (χ0n) is 41.8. The Kier molecular flexibility index (Phi) is 19.2. The van der Waals surface area contributed by atoms with E-state index in [9.17, 15) is 46.9 Å². The second-order valence-corrected chi connectivity index (χ2v) is 20.2. The molecule has 395 valence electrons. The van der Waals surface area contributed by atoms with Gasteiger partial charge in [0.15, 0.2) is 0 Å². The number of nitrogens with one attached hydrogen (secondary N) is 3. The SMILES string of the molecule is O=C(O)c1ccccc1NS(=O)(=O)c1ccc([O-])c(N=Nc2c(Nc3ccccc3)ccc3ccccc23)c1.O=C([O-])c1ccccc1NS(=O)(=O)c1ccc([O-])c(N=Nc2c([N-]c3ccccc3)ccc3ccccc23)c1.[Co+2].[Na+]. The predicted octanol–water partition coefficient (Wildman–Crippen LogP) is 9.40. The summed E-state index contributed by atoms with van der Waals surface area (Å²) in [5, 5.41) is 74.2. The van der Waals surface area contributed by atoms with Crippen LogP contribution in [-0.2, 0) is 36.8 Å². The Bertz CT molecular complexity index is 3930. The van der Waals surface area contributed by atoms with Crippen molar-refractivity contribution in [2.75, 3.05) is 14.8 Å². The molecule has 0 atom stereocenters. The molecule has 0 heterocycles. The molecule has 1 radical (unpaired) electrons. The number of hydrogen-bond donors (Lipinski definition) is 4. The first kappa shape index (κ1) is 58.7. The first-order chi connectivity index (χ1) is 37.6. The Morgan fingerprint density at radius 1 is 0.475 bits per heavy atom. The normalized spacial score (nSPS) is 11.2. The number of carboxylic acids is 2. The van der Waals surface area contributed by atoms with Crippen molar-refractivity contribution >= 4 is 110 Å². The summed E-state index contributed by atoms with van der Waals surface area (Å²) in [5.74, 6) is -3.90. The van der Waals surface area contributed by atoms with Crippen LogP contribution in [0.4, 0.5) is 56.9 Å². The van der Waals surface area contributed by atoms with Gasteiger partial charge in [0.2, 0.25) is 0 Å². The van der Waals surface area contributed by atoms with Crippen molar-refractivity contribution in [1.82, 2.24) is 0 Å². The molecule has 0 saturated carbocycles. The molecule has 0 spiro atoms. The molecule has 0 bridgehead atoms. The van der Waals surface area contributed by atoms with Crippen LogP contribution < -0.4 is 59.6 Å². The average Bonchev–Trinajstić information content (AvgIpc) is 3.49. The topological polar surface area (TPSA) is 291 Å². The number of carbonyl (C=O) groups is 2. The van der Waals surface area contributed by atoms with E-state index in [-0.39, 0.29) is 90.0 Å². The van der Waals surface area contributed by atoms with Gasteiger partial charge < -0.3 is 35.9 Å². The number of sulfonamides is 2. The molecule has 0 fully saturated rings. The van der Waals surface area contributed by atoms with E-state index in [1.807, 2.05) is 127 Å². The Labute approximate surface area is 491 Å². The van der Waals surface area contributed by atoms with Gasteiger partial charge in [0.1, 0.15) is 5.69 Å².